The smallest absolute Gasteiger partial charge is 0.349 e. The Balaban J connectivity index is 2.16. The second kappa shape index (κ2) is 8.63. The Hall–Kier alpha value is -3.39. The van der Waals surface area contributed by atoms with E-state index >= 15 is 0 Å². The third-order valence-electron chi connectivity index (χ3n) is 3.77. The fourth-order valence-electron chi connectivity index (χ4n) is 2.30. The number of rotatable bonds is 6. The molecule has 0 bridgehead atoms. The number of nitrogens with zero attached hydrogens (tertiary/aromatic N) is 1. The number of methoxy groups -OCH3 is 1. The van der Waals surface area contributed by atoms with Gasteiger partial charge in [-0.1, -0.05) is 29.8 Å². The fraction of sp³-hybridized carbons (Fsp3) is 0.190. The minimum absolute atomic E-state index is 0.0998. The molecule has 0 saturated carbocycles. The number of ether oxygens (including phenoxy) is 2. The minimum Gasteiger partial charge on any atom is -0.496 e. The highest BCUT2D eigenvalue weighted by molar-refractivity contribution is 5.98. The van der Waals surface area contributed by atoms with Crippen LogP contribution in [0.4, 0.5) is 0 Å². The summed E-state index contributed by atoms with van der Waals surface area (Å²) < 4.78 is 10.5. The molecule has 0 saturated heterocycles. The number of aryl methyl sites for hydroxylation is 1. The molecule has 0 aliphatic carbocycles. The van der Waals surface area contributed by atoms with Gasteiger partial charge in [0, 0.05) is 11.1 Å². The summed E-state index contributed by atoms with van der Waals surface area (Å²) in [5.41, 5.74) is 2.77. The Morgan fingerprint density at radius 3 is 2.42 bits per heavy atom. The predicted molar refractivity (Wildman–Crippen MR) is 97.6 cm³/mol. The van der Waals surface area contributed by atoms with Crippen LogP contribution in [-0.4, -0.2) is 18.9 Å². The van der Waals surface area contributed by atoms with Crippen molar-refractivity contribution in [2.24, 2.45) is 0 Å². The number of hydrogen-bond donors (Lipinski definition) is 0. The first-order valence-electron chi connectivity index (χ1n) is 7.98. The van der Waals surface area contributed by atoms with E-state index in [2.05, 4.69) is 0 Å². The number of carbonyl (C=O) groups excluding carboxylic acids is 2. The van der Waals surface area contributed by atoms with Crippen LogP contribution in [0.25, 0.3) is 6.08 Å². The van der Waals surface area contributed by atoms with Gasteiger partial charge in [0.15, 0.2) is 5.78 Å². The lowest BCUT2D eigenvalue weighted by Crippen LogP contribution is -2.08. The highest BCUT2D eigenvalue weighted by atomic mass is 16.5. The first-order valence-corrected chi connectivity index (χ1v) is 7.98. The van der Waals surface area contributed by atoms with Gasteiger partial charge in [-0.05, 0) is 43.7 Å². The summed E-state index contributed by atoms with van der Waals surface area (Å²) in [7, 11) is 1.49. The molecule has 0 N–H and O–H groups in total. The van der Waals surface area contributed by atoms with Crippen LogP contribution in [0, 0.1) is 18.3 Å². The average Bonchev–Trinajstić information content (AvgIpc) is 2.65. The second-order valence-corrected chi connectivity index (χ2v) is 5.74. The summed E-state index contributed by atoms with van der Waals surface area (Å²) in [6.07, 6.45) is 1.48. The maximum absolute atomic E-state index is 12.2. The number of ketones is 1. The van der Waals surface area contributed by atoms with Crippen molar-refractivity contribution in [3.63, 3.8) is 0 Å². The van der Waals surface area contributed by atoms with Crippen LogP contribution < -0.4 is 4.74 Å². The van der Waals surface area contributed by atoms with Crippen molar-refractivity contribution in [1.29, 1.82) is 5.26 Å². The van der Waals surface area contributed by atoms with Gasteiger partial charge < -0.3 is 9.47 Å². The topological polar surface area (TPSA) is 76.4 Å². The summed E-state index contributed by atoms with van der Waals surface area (Å²) >= 11 is 0. The first kappa shape index (κ1) is 18.9. The van der Waals surface area contributed by atoms with E-state index in [9.17, 15) is 14.9 Å². The van der Waals surface area contributed by atoms with Gasteiger partial charge in [0.1, 0.15) is 24.0 Å². The Labute approximate surface area is 152 Å². The first-order chi connectivity index (χ1) is 12.4. The Morgan fingerprint density at radius 2 is 1.85 bits per heavy atom. The molecule has 0 aliphatic heterocycles. The quantitative estimate of drug-likeness (QED) is 0.343. The van der Waals surface area contributed by atoms with E-state index < -0.39 is 5.97 Å². The summed E-state index contributed by atoms with van der Waals surface area (Å²) in [5, 5.41) is 9.24. The van der Waals surface area contributed by atoms with E-state index in [4.69, 9.17) is 9.47 Å². The van der Waals surface area contributed by atoms with Crippen LogP contribution in [0.3, 0.4) is 0 Å². The van der Waals surface area contributed by atoms with Crippen molar-refractivity contribution in [2.45, 2.75) is 20.5 Å². The normalized spacial score (nSPS) is 10.8. The lowest BCUT2D eigenvalue weighted by molar-refractivity contribution is -0.139. The number of benzene rings is 2. The number of esters is 1. The van der Waals surface area contributed by atoms with Gasteiger partial charge in [-0.15, -0.1) is 0 Å². The third-order valence-corrected chi connectivity index (χ3v) is 3.77. The molecule has 5 heteroatoms. The molecule has 5 nitrogen and oxygen atoms in total. The highest BCUT2D eigenvalue weighted by Gasteiger charge is 2.14. The van der Waals surface area contributed by atoms with Crippen molar-refractivity contribution in [3.8, 4) is 11.8 Å². The van der Waals surface area contributed by atoms with E-state index in [0.29, 0.717) is 16.9 Å². The van der Waals surface area contributed by atoms with Crippen molar-refractivity contribution in [1.82, 2.24) is 0 Å². The highest BCUT2D eigenvalue weighted by Crippen LogP contribution is 2.22. The van der Waals surface area contributed by atoms with Crippen molar-refractivity contribution in [2.75, 3.05) is 7.11 Å². The second-order valence-electron chi connectivity index (χ2n) is 5.74. The molecule has 0 radical (unpaired) electrons. The minimum atomic E-state index is -0.733. The van der Waals surface area contributed by atoms with Crippen LogP contribution in [0.1, 0.15) is 34.0 Å². The largest absolute Gasteiger partial charge is 0.496 e. The van der Waals surface area contributed by atoms with Gasteiger partial charge in [0.05, 0.1) is 7.11 Å². The zero-order chi connectivity index (χ0) is 19.1. The Kier molecular flexibility index (Phi) is 6.29. The van der Waals surface area contributed by atoms with Gasteiger partial charge in [-0.3, -0.25) is 4.79 Å². The van der Waals surface area contributed by atoms with Crippen LogP contribution in [0.5, 0.6) is 5.75 Å². The van der Waals surface area contributed by atoms with Crippen LogP contribution in [0.2, 0.25) is 0 Å². The molecular formula is C21H19NO4. The molecule has 0 heterocycles. The molecular weight excluding hydrogens is 330 g/mol. The monoisotopic (exact) mass is 349 g/mol. The number of hydrogen-bond acceptors (Lipinski definition) is 5. The lowest BCUT2D eigenvalue weighted by atomic mass is 10.1. The molecule has 26 heavy (non-hydrogen) atoms. The third kappa shape index (κ3) is 4.81. The fourth-order valence-corrected chi connectivity index (χ4v) is 2.30. The molecule has 2 rings (SSSR count). The molecule has 0 aromatic heterocycles. The Bertz CT molecular complexity index is 889. The molecule has 132 valence electrons. The molecule has 0 amide bonds. The van der Waals surface area contributed by atoms with Gasteiger partial charge in [0.25, 0.3) is 0 Å². The molecule has 0 aliphatic rings. The van der Waals surface area contributed by atoms with Crippen LogP contribution in [0.15, 0.2) is 48.0 Å². The number of nitriles is 1. The lowest BCUT2D eigenvalue weighted by Gasteiger charge is -2.10. The van der Waals surface area contributed by atoms with Crippen molar-refractivity contribution < 1.29 is 19.1 Å². The molecule has 2 aromatic rings. The standard InChI is InChI=1S/C21H19NO4/c1-14-4-6-16(7-5-14)10-18(12-22)21(24)26-13-19-11-17(15(2)23)8-9-20(19)25-3/h4-11H,13H2,1-3H3/b18-10+. The van der Waals surface area contributed by atoms with Crippen molar-refractivity contribution in [3.05, 3.63) is 70.3 Å². The maximum atomic E-state index is 12.2. The van der Waals surface area contributed by atoms with E-state index in [1.807, 2.05) is 37.3 Å². The van der Waals surface area contributed by atoms with Crippen LogP contribution >= 0.6 is 0 Å². The molecule has 0 atom stereocenters. The zero-order valence-corrected chi connectivity index (χ0v) is 14.9. The SMILES string of the molecule is COc1ccc(C(C)=O)cc1COC(=O)/C(C#N)=C/c1ccc(C)cc1. The summed E-state index contributed by atoms with van der Waals surface area (Å²) in [6.45, 7) is 3.31. The van der Waals surface area contributed by atoms with Gasteiger partial charge in [0.2, 0.25) is 0 Å². The van der Waals surface area contributed by atoms with E-state index in [1.54, 1.807) is 18.2 Å². The average molecular weight is 349 g/mol. The summed E-state index contributed by atoms with van der Waals surface area (Å²) in [5.74, 6) is -0.329. The maximum Gasteiger partial charge on any atom is 0.349 e. The summed E-state index contributed by atoms with van der Waals surface area (Å²) in [6, 6.07) is 14.2. The van der Waals surface area contributed by atoms with E-state index in [1.165, 1.54) is 20.1 Å². The molecule has 0 unspecified atom stereocenters. The van der Waals surface area contributed by atoms with E-state index in [-0.39, 0.29) is 18.0 Å². The van der Waals surface area contributed by atoms with E-state index in [0.717, 1.165) is 11.1 Å². The van der Waals surface area contributed by atoms with Gasteiger partial charge in [-0.25, -0.2) is 4.79 Å². The summed E-state index contributed by atoms with van der Waals surface area (Å²) in [4.78, 5) is 23.7. The molecule has 2 aromatic carbocycles. The van der Waals surface area contributed by atoms with Gasteiger partial charge >= 0.3 is 5.97 Å². The van der Waals surface area contributed by atoms with Crippen molar-refractivity contribution >= 4 is 17.8 Å². The number of Topliss-reactive ketones (excluding diaryl/α,β-unsaturated/α-hetero) is 1. The van der Waals surface area contributed by atoms with Crippen LogP contribution in [-0.2, 0) is 16.1 Å². The Morgan fingerprint density at radius 1 is 1.15 bits per heavy atom. The predicted octanol–water partition coefficient (Wildman–Crippen LogP) is 3.86. The number of carbonyl (C=O) groups is 2. The zero-order valence-electron chi connectivity index (χ0n) is 14.9. The van der Waals surface area contributed by atoms with Gasteiger partial charge in [-0.2, -0.15) is 5.26 Å². The molecule has 0 fully saturated rings. The molecule has 0 spiro atoms.